The van der Waals surface area contributed by atoms with Crippen LogP contribution in [0.2, 0.25) is 5.02 Å². The third-order valence-corrected chi connectivity index (χ3v) is 4.76. The lowest BCUT2D eigenvalue weighted by molar-refractivity contribution is -0.140. The molecule has 0 aromatic heterocycles. The van der Waals surface area contributed by atoms with Crippen LogP contribution in [-0.4, -0.2) is 37.2 Å². The summed E-state index contributed by atoms with van der Waals surface area (Å²) in [5, 5.41) is 3.41. The molecule has 0 unspecified atom stereocenters. The molecule has 0 saturated carbocycles. The number of allylic oxidation sites excluding steroid dienone is 1. The standard InChI is InChI=1S/C21H21ClN2O4/c1-14-18(20(25)28-13-12-27-17-6-4-3-5-7-17)19(23-21(26)24(14)2)15-8-10-16(22)11-9-15/h3-11,19H,12-13H2,1-2H3,(H,23,26)/t19-/m0/s1. The van der Waals surface area contributed by atoms with Gasteiger partial charge in [-0.2, -0.15) is 0 Å². The molecule has 146 valence electrons. The maximum absolute atomic E-state index is 12.8. The third-order valence-electron chi connectivity index (χ3n) is 4.51. The van der Waals surface area contributed by atoms with Crippen LogP contribution in [0.4, 0.5) is 4.79 Å². The number of hydrogen-bond donors (Lipinski definition) is 1. The zero-order valence-electron chi connectivity index (χ0n) is 15.6. The highest BCUT2D eigenvalue weighted by Gasteiger charge is 2.34. The fourth-order valence-corrected chi connectivity index (χ4v) is 3.02. The lowest BCUT2D eigenvalue weighted by Gasteiger charge is -2.33. The van der Waals surface area contributed by atoms with Crippen LogP contribution in [0.1, 0.15) is 18.5 Å². The third kappa shape index (κ3) is 4.46. The summed E-state index contributed by atoms with van der Waals surface area (Å²) in [5.41, 5.74) is 1.67. The average Bonchev–Trinajstić information content (AvgIpc) is 2.70. The first kappa shape index (κ1) is 19.8. The summed E-state index contributed by atoms with van der Waals surface area (Å²) in [7, 11) is 1.61. The smallest absolute Gasteiger partial charge is 0.338 e. The van der Waals surface area contributed by atoms with E-state index in [-0.39, 0.29) is 19.2 Å². The molecule has 1 heterocycles. The van der Waals surface area contributed by atoms with Crippen molar-refractivity contribution < 1.29 is 19.1 Å². The minimum atomic E-state index is -0.608. The number of carbonyl (C=O) groups excluding carboxylic acids is 2. The van der Waals surface area contributed by atoms with Gasteiger partial charge in [0, 0.05) is 17.8 Å². The summed E-state index contributed by atoms with van der Waals surface area (Å²) in [4.78, 5) is 26.4. The molecule has 2 amide bonds. The summed E-state index contributed by atoms with van der Waals surface area (Å²) in [6.07, 6.45) is 0. The molecule has 0 aliphatic carbocycles. The Bertz CT molecular complexity index is 881. The minimum absolute atomic E-state index is 0.0928. The molecule has 0 fully saturated rings. The number of nitrogens with one attached hydrogen (secondary N) is 1. The number of ether oxygens (including phenoxy) is 2. The Hall–Kier alpha value is -2.99. The lowest BCUT2D eigenvalue weighted by atomic mass is 9.95. The Morgan fingerprint density at radius 3 is 2.46 bits per heavy atom. The molecule has 1 atom stereocenters. The SMILES string of the molecule is CC1=C(C(=O)OCCOc2ccccc2)[C@H](c2ccc(Cl)cc2)NC(=O)N1C. The van der Waals surface area contributed by atoms with Gasteiger partial charge in [-0.3, -0.25) is 0 Å². The van der Waals surface area contributed by atoms with Crippen LogP contribution in [0, 0.1) is 0 Å². The molecule has 2 aromatic carbocycles. The predicted octanol–water partition coefficient (Wildman–Crippen LogP) is 3.93. The number of rotatable bonds is 6. The predicted molar refractivity (Wildman–Crippen MR) is 106 cm³/mol. The number of urea groups is 1. The van der Waals surface area contributed by atoms with Crippen LogP contribution in [0.5, 0.6) is 5.75 Å². The van der Waals surface area contributed by atoms with E-state index in [0.29, 0.717) is 22.0 Å². The maximum Gasteiger partial charge on any atom is 0.338 e. The Morgan fingerprint density at radius 1 is 1.11 bits per heavy atom. The van der Waals surface area contributed by atoms with Gasteiger partial charge in [0.2, 0.25) is 0 Å². The van der Waals surface area contributed by atoms with Crippen molar-refractivity contribution >= 4 is 23.6 Å². The number of benzene rings is 2. The molecule has 0 saturated heterocycles. The topological polar surface area (TPSA) is 67.9 Å². The average molecular weight is 401 g/mol. The molecular weight excluding hydrogens is 380 g/mol. The van der Waals surface area contributed by atoms with Crippen LogP contribution in [0.3, 0.4) is 0 Å². The van der Waals surface area contributed by atoms with Gasteiger partial charge in [-0.05, 0) is 36.8 Å². The highest BCUT2D eigenvalue weighted by molar-refractivity contribution is 6.30. The summed E-state index contributed by atoms with van der Waals surface area (Å²) in [5.74, 6) is 0.207. The van der Waals surface area contributed by atoms with E-state index in [2.05, 4.69) is 5.32 Å². The molecule has 2 aromatic rings. The van der Waals surface area contributed by atoms with Gasteiger partial charge in [0.15, 0.2) is 0 Å². The molecule has 0 bridgehead atoms. The van der Waals surface area contributed by atoms with Crippen molar-refractivity contribution in [1.29, 1.82) is 0 Å². The first-order valence-corrected chi connectivity index (χ1v) is 9.20. The highest BCUT2D eigenvalue weighted by Crippen LogP contribution is 2.31. The van der Waals surface area contributed by atoms with Gasteiger partial charge in [0.1, 0.15) is 19.0 Å². The zero-order chi connectivity index (χ0) is 20.1. The number of carbonyl (C=O) groups is 2. The molecule has 1 N–H and O–H groups in total. The van der Waals surface area contributed by atoms with E-state index in [9.17, 15) is 9.59 Å². The second-order valence-corrected chi connectivity index (χ2v) is 6.73. The van der Waals surface area contributed by atoms with E-state index in [0.717, 1.165) is 5.56 Å². The molecule has 1 aliphatic heterocycles. The molecule has 0 radical (unpaired) electrons. The first-order chi connectivity index (χ1) is 13.5. The molecule has 0 spiro atoms. The van der Waals surface area contributed by atoms with Gasteiger partial charge in [-0.1, -0.05) is 41.9 Å². The summed E-state index contributed by atoms with van der Waals surface area (Å²) >= 11 is 5.95. The number of nitrogens with zero attached hydrogens (tertiary/aromatic N) is 1. The lowest BCUT2D eigenvalue weighted by Crippen LogP contribution is -2.46. The van der Waals surface area contributed by atoms with Crippen molar-refractivity contribution in [2.75, 3.05) is 20.3 Å². The molecule has 28 heavy (non-hydrogen) atoms. The second kappa shape index (κ2) is 8.80. The first-order valence-electron chi connectivity index (χ1n) is 8.83. The van der Waals surface area contributed by atoms with Crippen molar-refractivity contribution in [2.24, 2.45) is 0 Å². The van der Waals surface area contributed by atoms with Gasteiger partial charge < -0.3 is 19.7 Å². The highest BCUT2D eigenvalue weighted by atomic mass is 35.5. The van der Waals surface area contributed by atoms with E-state index < -0.39 is 12.0 Å². The number of esters is 1. The summed E-state index contributed by atoms with van der Waals surface area (Å²) in [6, 6.07) is 15.4. The Balaban J connectivity index is 1.72. The quantitative estimate of drug-likeness (QED) is 0.589. The van der Waals surface area contributed by atoms with Crippen molar-refractivity contribution in [1.82, 2.24) is 10.2 Å². The van der Waals surface area contributed by atoms with E-state index in [1.807, 2.05) is 30.3 Å². The van der Waals surface area contributed by atoms with Crippen LogP contribution in [-0.2, 0) is 9.53 Å². The molecule has 7 heteroatoms. The monoisotopic (exact) mass is 400 g/mol. The number of para-hydroxylation sites is 1. The van der Waals surface area contributed by atoms with E-state index >= 15 is 0 Å². The van der Waals surface area contributed by atoms with Crippen molar-refractivity contribution in [3.05, 3.63) is 76.5 Å². The van der Waals surface area contributed by atoms with Crippen molar-refractivity contribution in [3.63, 3.8) is 0 Å². The molecule has 1 aliphatic rings. The summed E-state index contributed by atoms with van der Waals surface area (Å²) < 4.78 is 11.0. The Labute approximate surface area is 168 Å². The van der Waals surface area contributed by atoms with Crippen LogP contribution in [0.15, 0.2) is 65.9 Å². The minimum Gasteiger partial charge on any atom is -0.490 e. The van der Waals surface area contributed by atoms with Gasteiger partial charge >= 0.3 is 12.0 Å². The maximum atomic E-state index is 12.8. The summed E-state index contributed by atoms with van der Waals surface area (Å²) in [6.45, 7) is 2.05. The number of halogens is 1. The second-order valence-electron chi connectivity index (χ2n) is 6.29. The number of amides is 2. The molecular formula is C21H21ClN2O4. The molecule has 3 rings (SSSR count). The largest absolute Gasteiger partial charge is 0.490 e. The van der Waals surface area contributed by atoms with E-state index in [4.69, 9.17) is 21.1 Å². The fraction of sp³-hybridized carbons (Fsp3) is 0.238. The van der Waals surface area contributed by atoms with Crippen LogP contribution in [0.25, 0.3) is 0 Å². The molecule has 6 nitrogen and oxygen atoms in total. The Kier molecular flexibility index (Phi) is 6.21. The fourth-order valence-electron chi connectivity index (χ4n) is 2.89. The van der Waals surface area contributed by atoms with Gasteiger partial charge in [-0.25, -0.2) is 9.59 Å². The van der Waals surface area contributed by atoms with Crippen LogP contribution >= 0.6 is 11.6 Å². The van der Waals surface area contributed by atoms with Crippen LogP contribution < -0.4 is 10.1 Å². The normalized spacial score (nSPS) is 16.6. The van der Waals surface area contributed by atoms with E-state index in [1.165, 1.54) is 4.90 Å². The zero-order valence-corrected chi connectivity index (χ0v) is 16.4. The van der Waals surface area contributed by atoms with Crippen molar-refractivity contribution in [2.45, 2.75) is 13.0 Å². The number of hydrogen-bond acceptors (Lipinski definition) is 4. The van der Waals surface area contributed by atoms with Gasteiger partial charge in [0.05, 0.1) is 11.6 Å². The van der Waals surface area contributed by atoms with Gasteiger partial charge in [0.25, 0.3) is 0 Å². The van der Waals surface area contributed by atoms with E-state index in [1.54, 1.807) is 38.2 Å². The Morgan fingerprint density at radius 2 is 1.79 bits per heavy atom. The van der Waals surface area contributed by atoms with Crippen molar-refractivity contribution in [3.8, 4) is 5.75 Å². The van der Waals surface area contributed by atoms with Gasteiger partial charge in [-0.15, -0.1) is 0 Å².